The fourth-order valence-electron chi connectivity index (χ4n) is 2.06. The Balaban J connectivity index is 1.72. The second-order valence-corrected chi connectivity index (χ2v) is 6.04. The zero-order valence-corrected chi connectivity index (χ0v) is 14.9. The fraction of sp³-hybridized carbons (Fsp3) is 0.316. The molecule has 2 aromatic rings. The normalized spacial score (nSPS) is 11.7. The van der Waals surface area contributed by atoms with Crippen LogP contribution in [-0.4, -0.2) is 25.2 Å². The molecule has 4 nitrogen and oxygen atoms in total. The van der Waals surface area contributed by atoms with E-state index < -0.39 is 6.10 Å². The minimum atomic E-state index is -0.590. The van der Waals surface area contributed by atoms with Crippen molar-refractivity contribution in [2.45, 2.75) is 26.9 Å². The van der Waals surface area contributed by atoms with E-state index in [9.17, 15) is 4.79 Å². The SMILES string of the molecule is Cc1ccc(OCCNC(=O)C(C)Oc2ccc(Cl)cc2)cc1C. The first-order chi connectivity index (χ1) is 11.5. The van der Waals surface area contributed by atoms with Gasteiger partial charge in [0.25, 0.3) is 5.91 Å². The molecule has 0 bridgehead atoms. The van der Waals surface area contributed by atoms with E-state index in [1.807, 2.05) is 25.1 Å². The molecule has 0 aliphatic carbocycles. The molecule has 1 amide bonds. The van der Waals surface area contributed by atoms with E-state index in [2.05, 4.69) is 12.2 Å². The van der Waals surface area contributed by atoms with Crippen molar-refractivity contribution in [1.82, 2.24) is 5.32 Å². The number of nitrogens with one attached hydrogen (secondary N) is 1. The first-order valence-corrected chi connectivity index (χ1v) is 8.23. The molecule has 0 aromatic heterocycles. The molecule has 0 radical (unpaired) electrons. The maximum absolute atomic E-state index is 12.0. The van der Waals surface area contributed by atoms with Crippen molar-refractivity contribution in [3.05, 3.63) is 58.6 Å². The third-order valence-electron chi connectivity index (χ3n) is 3.64. The van der Waals surface area contributed by atoms with Crippen molar-refractivity contribution in [2.75, 3.05) is 13.2 Å². The molecule has 0 aliphatic heterocycles. The molecule has 1 unspecified atom stereocenters. The summed E-state index contributed by atoms with van der Waals surface area (Å²) in [7, 11) is 0. The molecule has 5 heteroatoms. The highest BCUT2D eigenvalue weighted by Gasteiger charge is 2.14. The number of carbonyl (C=O) groups is 1. The lowest BCUT2D eigenvalue weighted by atomic mass is 10.1. The zero-order valence-electron chi connectivity index (χ0n) is 14.1. The number of hydrogen-bond acceptors (Lipinski definition) is 3. The summed E-state index contributed by atoms with van der Waals surface area (Å²) in [4.78, 5) is 12.0. The van der Waals surface area contributed by atoms with Gasteiger partial charge in [0.05, 0.1) is 6.54 Å². The highest BCUT2D eigenvalue weighted by molar-refractivity contribution is 6.30. The molecular formula is C19H22ClNO3. The quantitative estimate of drug-likeness (QED) is 0.772. The molecule has 0 aliphatic rings. The van der Waals surface area contributed by atoms with Gasteiger partial charge in [0, 0.05) is 5.02 Å². The van der Waals surface area contributed by atoms with Crippen LogP contribution < -0.4 is 14.8 Å². The second-order valence-electron chi connectivity index (χ2n) is 5.60. The molecule has 0 saturated heterocycles. The molecule has 0 fully saturated rings. The van der Waals surface area contributed by atoms with Gasteiger partial charge in [0.1, 0.15) is 18.1 Å². The van der Waals surface area contributed by atoms with Gasteiger partial charge < -0.3 is 14.8 Å². The van der Waals surface area contributed by atoms with Crippen molar-refractivity contribution in [3.8, 4) is 11.5 Å². The molecular weight excluding hydrogens is 326 g/mol. The van der Waals surface area contributed by atoms with Crippen LogP contribution in [0.5, 0.6) is 11.5 Å². The van der Waals surface area contributed by atoms with E-state index in [0.29, 0.717) is 23.9 Å². The highest BCUT2D eigenvalue weighted by Crippen LogP contribution is 2.17. The number of benzene rings is 2. The highest BCUT2D eigenvalue weighted by atomic mass is 35.5. The van der Waals surface area contributed by atoms with Crippen LogP contribution in [0.4, 0.5) is 0 Å². The molecule has 0 heterocycles. The molecule has 24 heavy (non-hydrogen) atoms. The van der Waals surface area contributed by atoms with E-state index in [1.54, 1.807) is 31.2 Å². The van der Waals surface area contributed by atoms with E-state index >= 15 is 0 Å². The van der Waals surface area contributed by atoms with Crippen LogP contribution in [0.15, 0.2) is 42.5 Å². The van der Waals surface area contributed by atoms with Crippen molar-refractivity contribution in [3.63, 3.8) is 0 Å². The summed E-state index contributed by atoms with van der Waals surface area (Å²) in [5.41, 5.74) is 2.41. The molecule has 0 saturated carbocycles. The third-order valence-corrected chi connectivity index (χ3v) is 3.90. The number of amides is 1. The van der Waals surface area contributed by atoms with Crippen LogP contribution in [0.25, 0.3) is 0 Å². The molecule has 128 valence electrons. The standard InChI is InChI=1S/C19H22ClNO3/c1-13-4-7-18(12-14(13)2)23-11-10-21-19(22)15(3)24-17-8-5-16(20)6-9-17/h4-9,12,15H,10-11H2,1-3H3,(H,21,22). The molecule has 1 atom stereocenters. The molecule has 2 aromatic carbocycles. The van der Waals surface area contributed by atoms with Crippen molar-refractivity contribution in [2.24, 2.45) is 0 Å². The number of halogens is 1. The van der Waals surface area contributed by atoms with Gasteiger partial charge in [-0.1, -0.05) is 17.7 Å². The van der Waals surface area contributed by atoms with Crippen LogP contribution in [0, 0.1) is 13.8 Å². The summed E-state index contributed by atoms with van der Waals surface area (Å²) in [6, 6.07) is 12.8. The van der Waals surface area contributed by atoms with Gasteiger partial charge in [-0.3, -0.25) is 4.79 Å². The minimum absolute atomic E-state index is 0.186. The summed E-state index contributed by atoms with van der Waals surface area (Å²) in [6.45, 7) is 6.62. The Kier molecular flexibility index (Phi) is 6.50. The minimum Gasteiger partial charge on any atom is -0.492 e. The van der Waals surface area contributed by atoms with Crippen molar-refractivity contribution >= 4 is 17.5 Å². The van der Waals surface area contributed by atoms with E-state index in [4.69, 9.17) is 21.1 Å². The summed E-state index contributed by atoms with van der Waals surface area (Å²) in [5, 5.41) is 3.42. The van der Waals surface area contributed by atoms with Gasteiger partial charge in [-0.25, -0.2) is 0 Å². The Morgan fingerprint density at radius 1 is 1.08 bits per heavy atom. The predicted molar refractivity (Wildman–Crippen MR) is 96.0 cm³/mol. The molecule has 2 rings (SSSR count). The summed E-state index contributed by atoms with van der Waals surface area (Å²) in [5.74, 6) is 1.22. The van der Waals surface area contributed by atoms with E-state index in [1.165, 1.54) is 11.1 Å². The van der Waals surface area contributed by atoms with E-state index in [-0.39, 0.29) is 5.91 Å². The number of rotatable bonds is 7. The number of ether oxygens (including phenoxy) is 2. The monoisotopic (exact) mass is 347 g/mol. The summed E-state index contributed by atoms with van der Waals surface area (Å²) in [6.07, 6.45) is -0.590. The maximum atomic E-state index is 12.0. The number of hydrogen-bond donors (Lipinski definition) is 1. The second kappa shape index (κ2) is 8.60. The lowest BCUT2D eigenvalue weighted by molar-refractivity contribution is -0.127. The average Bonchev–Trinajstić information content (AvgIpc) is 2.56. The lowest BCUT2D eigenvalue weighted by Gasteiger charge is -2.15. The molecule has 0 spiro atoms. The van der Waals surface area contributed by atoms with Gasteiger partial charge in [-0.05, 0) is 68.3 Å². The third kappa shape index (κ3) is 5.46. The van der Waals surface area contributed by atoms with Crippen LogP contribution in [0.1, 0.15) is 18.1 Å². The maximum Gasteiger partial charge on any atom is 0.260 e. The van der Waals surface area contributed by atoms with Crippen LogP contribution in [-0.2, 0) is 4.79 Å². The van der Waals surface area contributed by atoms with Crippen molar-refractivity contribution < 1.29 is 14.3 Å². The Hall–Kier alpha value is -2.20. The Bertz CT molecular complexity index is 686. The lowest BCUT2D eigenvalue weighted by Crippen LogP contribution is -2.38. The summed E-state index contributed by atoms with van der Waals surface area (Å²) >= 11 is 5.82. The predicted octanol–water partition coefficient (Wildman–Crippen LogP) is 3.92. The zero-order chi connectivity index (χ0) is 17.5. The van der Waals surface area contributed by atoms with Gasteiger partial charge in [-0.2, -0.15) is 0 Å². The number of aryl methyl sites for hydroxylation is 2. The van der Waals surface area contributed by atoms with E-state index in [0.717, 1.165) is 5.75 Å². The number of carbonyl (C=O) groups excluding carboxylic acids is 1. The van der Waals surface area contributed by atoms with Crippen molar-refractivity contribution in [1.29, 1.82) is 0 Å². The van der Waals surface area contributed by atoms with Gasteiger partial charge >= 0.3 is 0 Å². The largest absolute Gasteiger partial charge is 0.492 e. The average molecular weight is 348 g/mol. The van der Waals surface area contributed by atoms with Gasteiger partial charge in [-0.15, -0.1) is 0 Å². The Labute approximate surface area is 147 Å². The fourth-order valence-corrected chi connectivity index (χ4v) is 2.19. The van der Waals surface area contributed by atoms with Crippen LogP contribution >= 0.6 is 11.6 Å². The topological polar surface area (TPSA) is 47.6 Å². The van der Waals surface area contributed by atoms with Crippen LogP contribution in [0.3, 0.4) is 0 Å². The Morgan fingerprint density at radius 3 is 2.42 bits per heavy atom. The first-order valence-electron chi connectivity index (χ1n) is 7.85. The smallest absolute Gasteiger partial charge is 0.260 e. The van der Waals surface area contributed by atoms with Crippen LogP contribution in [0.2, 0.25) is 5.02 Å². The molecule has 1 N–H and O–H groups in total. The van der Waals surface area contributed by atoms with Gasteiger partial charge in [0.2, 0.25) is 0 Å². The summed E-state index contributed by atoms with van der Waals surface area (Å²) < 4.78 is 11.2. The first kappa shape index (κ1) is 18.1. The van der Waals surface area contributed by atoms with Gasteiger partial charge in [0.15, 0.2) is 6.10 Å². The Morgan fingerprint density at radius 2 is 1.75 bits per heavy atom.